The van der Waals surface area contributed by atoms with Crippen molar-refractivity contribution in [1.82, 2.24) is 37.2 Å². The number of nitrogens with two attached hydrogens (primary N) is 6. The van der Waals surface area contributed by atoms with Gasteiger partial charge in [0, 0.05) is 19.4 Å². The Labute approximate surface area is 402 Å². The minimum absolute atomic E-state index is 0.00553. The van der Waals surface area contributed by atoms with Crippen LogP contribution in [0.1, 0.15) is 97.0 Å². The van der Waals surface area contributed by atoms with E-state index in [1.165, 1.54) is 6.92 Å². The molecule has 21 N–H and O–H groups in total. The van der Waals surface area contributed by atoms with Crippen molar-refractivity contribution < 1.29 is 53.4 Å². The summed E-state index contributed by atoms with van der Waals surface area (Å²) in [6.45, 7) is 4.87. The second kappa shape index (κ2) is 33.1. The quantitative estimate of drug-likeness (QED) is 0.0174. The maximum atomic E-state index is 14.1. The molecule has 25 heteroatoms. The number of nitrogens with one attached hydrogen (secondary N) is 7. The molecule has 8 atom stereocenters. The number of guanidine groups is 1. The zero-order valence-electron chi connectivity index (χ0n) is 39.9. The molecule has 0 aliphatic rings. The fourth-order valence-electron chi connectivity index (χ4n) is 6.73. The summed E-state index contributed by atoms with van der Waals surface area (Å²) in [5, 5.41) is 37.1. The van der Waals surface area contributed by atoms with Crippen molar-refractivity contribution in [2.75, 3.05) is 26.2 Å². The topological polar surface area (TPSA) is 447 Å². The van der Waals surface area contributed by atoms with Crippen molar-refractivity contribution in [2.45, 2.75) is 146 Å². The van der Waals surface area contributed by atoms with Crippen molar-refractivity contribution in [1.29, 1.82) is 0 Å². The van der Waals surface area contributed by atoms with Crippen molar-refractivity contribution in [3.05, 3.63) is 35.9 Å². The van der Waals surface area contributed by atoms with Crippen molar-refractivity contribution in [3.63, 3.8) is 0 Å². The Morgan fingerprint density at radius 3 is 1.43 bits per heavy atom. The third kappa shape index (κ3) is 24.9. The van der Waals surface area contributed by atoms with Gasteiger partial charge in [-0.15, -0.1) is 0 Å². The van der Waals surface area contributed by atoms with Crippen LogP contribution in [0.15, 0.2) is 35.3 Å². The fraction of sp³-hybridized carbons (Fsp3) is 0.636. The Morgan fingerprint density at radius 1 is 0.565 bits per heavy atom. The highest BCUT2D eigenvalue weighted by Gasteiger charge is 2.34. The standard InChI is InChI=1S/C44H76N14O11/c1-25(2)22-33(57-37(62)28(47)24-59)42(67)52-26(3)36(61)53-29(14-7-9-19-45)38(63)54-30(15-8-10-20-46)39(64)56-32(17-18-35(48)60)41(66)55-31(16-11-21-51-44(49)50)40(65)58-34(43(68)69)23-27-12-5-4-6-13-27/h4-6,12-13,25-26,28-34,59H,7-11,14-24,45-47H2,1-3H3,(H2,48,60)(H,52,67)(H,53,61)(H,54,63)(H,55,66)(H,56,64)(H,57,62)(H,58,65)(H,68,69)(H4,49,50,51)/t26-,28-,29-,30-,31-,32-,33-,34-/m0/s1. The molecule has 0 unspecified atom stereocenters. The number of aliphatic carboxylic acids is 1. The zero-order chi connectivity index (χ0) is 52.1. The minimum atomic E-state index is -1.51. The average molecular weight is 977 g/mol. The summed E-state index contributed by atoms with van der Waals surface area (Å²) in [5.74, 6) is -8.21. The molecule has 0 fully saturated rings. The lowest BCUT2D eigenvalue weighted by Crippen LogP contribution is -2.60. The number of amides is 8. The van der Waals surface area contributed by atoms with Gasteiger partial charge in [0.2, 0.25) is 47.3 Å². The number of primary amides is 1. The van der Waals surface area contributed by atoms with Crippen LogP contribution in [-0.4, -0.2) is 144 Å². The number of rotatable bonds is 35. The number of nitrogens with zero attached hydrogens (tertiary/aromatic N) is 1. The summed E-state index contributed by atoms with van der Waals surface area (Å²) in [7, 11) is 0. The molecule has 1 aromatic carbocycles. The molecule has 0 aromatic heterocycles. The summed E-state index contributed by atoms with van der Waals surface area (Å²) < 4.78 is 0. The van der Waals surface area contributed by atoms with Gasteiger partial charge in [0.25, 0.3) is 0 Å². The molecular weight excluding hydrogens is 901 g/mol. The van der Waals surface area contributed by atoms with E-state index in [1.807, 2.05) is 13.8 Å². The first-order valence-corrected chi connectivity index (χ1v) is 23.1. The number of aliphatic imine (C=N–C) groups is 1. The van der Waals surface area contributed by atoms with E-state index < -0.39 is 115 Å². The first-order valence-electron chi connectivity index (χ1n) is 23.1. The van der Waals surface area contributed by atoms with E-state index in [0.717, 1.165) is 0 Å². The molecular formula is C44H76N14O11. The lowest BCUT2D eigenvalue weighted by atomic mass is 10.0. The molecule has 0 radical (unpaired) electrons. The smallest absolute Gasteiger partial charge is 0.326 e. The number of hydrogen-bond acceptors (Lipinski definition) is 14. The predicted octanol–water partition coefficient (Wildman–Crippen LogP) is -4.33. The normalized spacial score (nSPS) is 14.5. The van der Waals surface area contributed by atoms with Crippen LogP contribution in [0, 0.1) is 5.92 Å². The Morgan fingerprint density at radius 2 is 1.00 bits per heavy atom. The van der Waals surface area contributed by atoms with E-state index in [9.17, 15) is 53.4 Å². The Bertz CT molecular complexity index is 1850. The Kier molecular flexibility index (Phi) is 29.1. The largest absolute Gasteiger partial charge is 0.480 e. The predicted molar refractivity (Wildman–Crippen MR) is 256 cm³/mol. The molecule has 388 valence electrons. The molecule has 0 aliphatic carbocycles. The maximum absolute atomic E-state index is 14.1. The second-order valence-electron chi connectivity index (χ2n) is 17.1. The molecule has 0 saturated carbocycles. The maximum Gasteiger partial charge on any atom is 0.326 e. The van der Waals surface area contributed by atoms with Gasteiger partial charge in [0.15, 0.2) is 5.96 Å². The second-order valence-corrected chi connectivity index (χ2v) is 17.1. The first kappa shape index (κ1) is 60.6. The van der Waals surface area contributed by atoms with E-state index in [4.69, 9.17) is 34.4 Å². The highest BCUT2D eigenvalue weighted by Crippen LogP contribution is 2.11. The van der Waals surface area contributed by atoms with Gasteiger partial charge in [0.05, 0.1) is 6.61 Å². The molecule has 0 spiro atoms. The van der Waals surface area contributed by atoms with Crippen LogP contribution in [0.2, 0.25) is 0 Å². The number of aliphatic hydroxyl groups is 1. The van der Waals surface area contributed by atoms with Gasteiger partial charge in [-0.25, -0.2) is 4.79 Å². The average Bonchev–Trinajstić information content (AvgIpc) is 3.29. The molecule has 1 rings (SSSR count). The number of carboxylic acid groups (broad SMARTS) is 1. The SMILES string of the molecule is CC(C)C[C@H](NC(=O)[C@@H](N)CO)C(=O)N[C@@H](C)C(=O)N[C@@H](CCCCN)C(=O)N[C@@H](CCCCN)C(=O)N[C@@H](CCC(N)=O)C(=O)N[C@@H](CCCN=C(N)N)C(=O)N[C@@H](Cc1ccccc1)C(=O)O. The van der Waals surface area contributed by atoms with Crippen molar-refractivity contribution in [2.24, 2.45) is 45.3 Å². The van der Waals surface area contributed by atoms with Gasteiger partial charge in [0.1, 0.15) is 48.3 Å². The van der Waals surface area contributed by atoms with Gasteiger partial charge in [-0.1, -0.05) is 44.2 Å². The number of carbonyl (C=O) groups excluding carboxylic acids is 8. The van der Waals surface area contributed by atoms with Crippen LogP contribution >= 0.6 is 0 Å². The Balaban J connectivity index is 3.42. The highest BCUT2D eigenvalue weighted by molar-refractivity contribution is 5.97. The van der Waals surface area contributed by atoms with Crippen LogP contribution in [-0.2, 0) is 49.6 Å². The first-order chi connectivity index (χ1) is 32.6. The van der Waals surface area contributed by atoms with Gasteiger partial charge in [-0.3, -0.25) is 43.3 Å². The third-order valence-corrected chi connectivity index (χ3v) is 10.6. The molecule has 8 amide bonds. The lowest BCUT2D eigenvalue weighted by Gasteiger charge is -2.27. The van der Waals surface area contributed by atoms with E-state index in [2.05, 4.69) is 42.2 Å². The number of carboxylic acids is 1. The molecule has 1 aromatic rings. The summed E-state index contributed by atoms with van der Waals surface area (Å²) >= 11 is 0. The summed E-state index contributed by atoms with van der Waals surface area (Å²) in [5.41, 5.74) is 34.0. The van der Waals surface area contributed by atoms with E-state index in [1.54, 1.807) is 30.3 Å². The van der Waals surface area contributed by atoms with Gasteiger partial charge < -0.3 is 81.8 Å². The summed E-state index contributed by atoms with van der Waals surface area (Å²) in [6, 6.07) is -1.99. The van der Waals surface area contributed by atoms with E-state index >= 15 is 0 Å². The van der Waals surface area contributed by atoms with Crippen molar-refractivity contribution in [3.8, 4) is 0 Å². The van der Waals surface area contributed by atoms with Gasteiger partial charge >= 0.3 is 5.97 Å². The molecule has 69 heavy (non-hydrogen) atoms. The molecule has 0 bridgehead atoms. The molecule has 25 nitrogen and oxygen atoms in total. The Hall–Kier alpha value is -6.44. The molecule has 0 saturated heterocycles. The third-order valence-electron chi connectivity index (χ3n) is 10.6. The van der Waals surface area contributed by atoms with Gasteiger partial charge in [-0.05, 0) is 95.7 Å². The minimum Gasteiger partial charge on any atom is -0.480 e. The summed E-state index contributed by atoms with van der Waals surface area (Å²) in [4.78, 5) is 123. The van der Waals surface area contributed by atoms with Crippen LogP contribution in [0.4, 0.5) is 0 Å². The van der Waals surface area contributed by atoms with E-state index in [-0.39, 0.29) is 76.5 Å². The number of aliphatic hydroxyl groups excluding tert-OH is 1. The van der Waals surface area contributed by atoms with Crippen LogP contribution in [0.5, 0.6) is 0 Å². The van der Waals surface area contributed by atoms with Gasteiger partial charge in [-0.2, -0.15) is 0 Å². The monoisotopic (exact) mass is 977 g/mol. The van der Waals surface area contributed by atoms with Crippen LogP contribution in [0.25, 0.3) is 0 Å². The number of hydrogen-bond donors (Lipinski definition) is 15. The molecule has 0 aliphatic heterocycles. The fourth-order valence-corrected chi connectivity index (χ4v) is 6.73. The number of carbonyl (C=O) groups is 9. The van der Waals surface area contributed by atoms with Crippen LogP contribution < -0.4 is 71.6 Å². The highest BCUT2D eigenvalue weighted by atomic mass is 16.4. The van der Waals surface area contributed by atoms with E-state index in [0.29, 0.717) is 31.2 Å². The lowest BCUT2D eigenvalue weighted by molar-refractivity contribution is -0.142. The number of benzene rings is 1. The van der Waals surface area contributed by atoms with Crippen molar-refractivity contribution >= 4 is 59.2 Å². The van der Waals surface area contributed by atoms with Crippen LogP contribution in [0.3, 0.4) is 0 Å². The molecule has 0 heterocycles. The zero-order valence-corrected chi connectivity index (χ0v) is 39.9. The number of unbranched alkanes of at least 4 members (excludes halogenated alkanes) is 2. The summed E-state index contributed by atoms with van der Waals surface area (Å²) in [6.07, 6.45) is 1.05.